The third kappa shape index (κ3) is 3.06. The summed E-state index contributed by atoms with van der Waals surface area (Å²) in [5.41, 5.74) is 1.49. The lowest BCUT2D eigenvalue weighted by atomic mass is 10.1. The van der Waals surface area contributed by atoms with Gasteiger partial charge < -0.3 is 14.8 Å². The molecule has 9 nitrogen and oxygen atoms in total. The molecule has 4 heterocycles. The summed E-state index contributed by atoms with van der Waals surface area (Å²) < 4.78 is 13.9. The SMILES string of the molecule is Cc1ccn(-c2ccc3c(c2)OCO3)c(=O)c1C(=O)NCc1cn2cccnc2n1. The smallest absolute Gasteiger partial charge is 0.268 e. The van der Waals surface area contributed by atoms with E-state index in [0.717, 1.165) is 0 Å². The quantitative estimate of drug-likeness (QED) is 0.558. The molecule has 0 unspecified atom stereocenters. The number of ether oxygens (including phenoxy) is 2. The van der Waals surface area contributed by atoms with Crippen LogP contribution in [0.15, 0.2) is 59.9 Å². The molecule has 3 aromatic heterocycles. The molecule has 0 fully saturated rings. The summed E-state index contributed by atoms with van der Waals surface area (Å²) in [5.74, 6) is 1.27. The van der Waals surface area contributed by atoms with Gasteiger partial charge >= 0.3 is 0 Å². The topological polar surface area (TPSA) is 99.8 Å². The number of carbonyl (C=O) groups is 1. The molecule has 0 bridgehead atoms. The predicted octanol–water partition coefficient (Wildman–Crippen LogP) is 1.85. The first-order chi connectivity index (χ1) is 14.6. The second kappa shape index (κ2) is 7.03. The van der Waals surface area contributed by atoms with Gasteiger partial charge in [-0.15, -0.1) is 0 Å². The van der Waals surface area contributed by atoms with Crippen LogP contribution in [0.25, 0.3) is 11.5 Å². The predicted molar refractivity (Wildman–Crippen MR) is 107 cm³/mol. The van der Waals surface area contributed by atoms with E-state index in [9.17, 15) is 9.59 Å². The first-order valence-corrected chi connectivity index (χ1v) is 9.29. The first-order valence-electron chi connectivity index (χ1n) is 9.29. The number of hydrogen-bond acceptors (Lipinski definition) is 6. The van der Waals surface area contributed by atoms with Crippen molar-refractivity contribution in [3.8, 4) is 17.2 Å². The summed E-state index contributed by atoms with van der Waals surface area (Å²) in [6, 6.07) is 8.72. The molecule has 1 amide bonds. The first kappa shape index (κ1) is 17.9. The Morgan fingerprint density at radius 3 is 2.93 bits per heavy atom. The fourth-order valence-electron chi connectivity index (χ4n) is 3.36. The monoisotopic (exact) mass is 403 g/mol. The lowest BCUT2D eigenvalue weighted by Gasteiger charge is -2.11. The molecule has 0 saturated heterocycles. The third-order valence-electron chi connectivity index (χ3n) is 4.88. The fourth-order valence-corrected chi connectivity index (χ4v) is 3.36. The minimum Gasteiger partial charge on any atom is -0.454 e. The molecule has 150 valence electrons. The van der Waals surface area contributed by atoms with Crippen molar-refractivity contribution in [1.29, 1.82) is 0 Å². The Labute approximate surface area is 170 Å². The molecule has 0 atom stereocenters. The van der Waals surface area contributed by atoms with Crippen LogP contribution in [0, 0.1) is 6.92 Å². The van der Waals surface area contributed by atoms with Crippen molar-refractivity contribution in [3.05, 3.63) is 82.3 Å². The van der Waals surface area contributed by atoms with E-state index in [1.54, 1.807) is 60.2 Å². The molecule has 0 spiro atoms. The van der Waals surface area contributed by atoms with Gasteiger partial charge in [-0.3, -0.25) is 18.6 Å². The van der Waals surface area contributed by atoms with Crippen molar-refractivity contribution in [2.24, 2.45) is 0 Å². The highest BCUT2D eigenvalue weighted by Crippen LogP contribution is 2.33. The summed E-state index contributed by atoms with van der Waals surface area (Å²) in [7, 11) is 0. The maximum atomic E-state index is 13.1. The van der Waals surface area contributed by atoms with Crippen LogP contribution < -0.4 is 20.3 Å². The number of aromatic nitrogens is 4. The Bertz CT molecular complexity index is 1310. The number of nitrogens with one attached hydrogen (secondary N) is 1. The molecule has 1 aliphatic rings. The lowest BCUT2D eigenvalue weighted by Crippen LogP contribution is -2.33. The maximum absolute atomic E-state index is 13.1. The highest BCUT2D eigenvalue weighted by atomic mass is 16.7. The van der Waals surface area contributed by atoms with Crippen LogP contribution >= 0.6 is 0 Å². The average molecular weight is 403 g/mol. The van der Waals surface area contributed by atoms with E-state index in [1.807, 2.05) is 6.20 Å². The summed E-state index contributed by atoms with van der Waals surface area (Å²) in [5, 5.41) is 2.78. The summed E-state index contributed by atoms with van der Waals surface area (Å²) >= 11 is 0. The molecule has 1 aromatic carbocycles. The summed E-state index contributed by atoms with van der Waals surface area (Å²) in [6.45, 7) is 2.06. The molecule has 5 rings (SSSR count). The zero-order chi connectivity index (χ0) is 20.7. The van der Waals surface area contributed by atoms with Crippen LogP contribution in [0.4, 0.5) is 0 Å². The third-order valence-corrected chi connectivity index (χ3v) is 4.88. The number of hydrogen-bond donors (Lipinski definition) is 1. The van der Waals surface area contributed by atoms with Gasteiger partial charge in [-0.2, -0.15) is 0 Å². The summed E-state index contributed by atoms with van der Waals surface area (Å²) in [4.78, 5) is 34.4. The largest absolute Gasteiger partial charge is 0.454 e. The standard InChI is InChI=1S/C21H17N5O4/c1-13-5-8-26(15-3-4-16-17(9-15)30-12-29-16)20(28)18(13)19(27)23-10-14-11-25-7-2-6-22-21(25)24-14/h2-9,11H,10,12H2,1H3,(H,23,27). The minimum absolute atomic E-state index is 0.0806. The lowest BCUT2D eigenvalue weighted by molar-refractivity contribution is 0.0948. The van der Waals surface area contributed by atoms with E-state index in [-0.39, 0.29) is 18.9 Å². The number of rotatable bonds is 4. The van der Waals surface area contributed by atoms with E-state index in [4.69, 9.17) is 9.47 Å². The van der Waals surface area contributed by atoms with Crippen molar-refractivity contribution in [1.82, 2.24) is 24.3 Å². The Balaban J connectivity index is 1.42. The zero-order valence-corrected chi connectivity index (χ0v) is 16.0. The Hall–Kier alpha value is -4.14. The van der Waals surface area contributed by atoms with Gasteiger partial charge in [0.2, 0.25) is 12.6 Å². The van der Waals surface area contributed by atoms with Crippen molar-refractivity contribution < 1.29 is 14.3 Å². The number of nitrogens with zero attached hydrogens (tertiary/aromatic N) is 4. The molecule has 9 heteroatoms. The number of imidazole rings is 1. The molecule has 30 heavy (non-hydrogen) atoms. The highest BCUT2D eigenvalue weighted by Gasteiger charge is 2.19. The number of amides is 1. The van der Waals surface area contributed by atoms with Crippen molar-refractivity contribution in [2.45, 2.75) is 13.5 Å². The van der Waals surface area contributed by atoms with Gasteiger partial charge in [-0.05, 0) is 36.8 Å². The minimum atomic E-state index is -0.461. The highest BCUT2D eigenvalue weighted by molar-refractivity contribution is 5.95. The van der Waals surface area contributed by atoms with Crippen LogP contribution in [0.2, 0.25) is 0 Å². The van der Waals surface area contributed by atoms with Crippen molar-refractivity contribution in [3.63, 3.8) is 0 Å². The number of carbonyl (C=O) groups excluding carboxylic acids is 1. The van der Waals surface area contributed by atoms with Gasteiger partial charge in [0.1, 0.15) is 5.56 Å². The molecular weight excluding hydrogens is 386 g/mol. The second-order valence-electron chi connectivity index (χ2n) is 6.83. The molecule has 0 saturated carbocycles. The van der Waals surface area contributed by atoms with Gasteiger partial charge in [-0.1, -0.05) is 0 Å². The average Bonchev–Trinajstić information content (AvgIpc) is 3.38. The second-order valence-corrected chi connectivity index (χ2v) is 6.83. The Morgan fingerprint density at radius 2 is 2.07 bits per heavy atom. The van der Waals surface area contributed by atoms with Crippen molar-refractivity contribution in [2.75, 3.05) is 6.79 Å². The number of fused-ring (bicyclic) bond motifs is 2. The van der Waals surface area contributed by atoms with Crippen LogP contribution in [-0.2, 0) is 6.54 Å². The van der Waals surface area contributed by atoms with Crippen LogP contribution in [0.5, 0.6) is 11.5 Å². The van der Waals surface area contributed by atoms with E-state index in [2.05, 4.69) is 15.3 Å². The van der Waals surface area contributed by atoms with Gasteiger partial charge in [-0.25, -0.2) is 9.97 Å². The van der Waals surface area contributed by atoms with E-state index in [1.165, 1.54) is 4.57 Å². The summed E-state index contributed by atoms with van der Waals surface area (Å²) in [6.07, 6.45) is 6.90. The van der Waals surface area contributed by atoms with E-state index < -0.39 is 11.5 Å². The van der Waals surface area contributed by atoms with Crippen LogP contribution in [0.1, 0.15) is 21.6 Å². The van der Waals surface area contributed by atoms with Crippen molar-refractivity contribution >= 4 is 11.7 Å². The molecule has 1 N–H and O–H groups in total. The fraction of sp³-hybridized carbons (Fsp3) is 0.143. The Morgan fingerprint density at radius 1 is 1.20 bits per heavy atom. The molecular formula is C21H17N5O4. The van der Waals surface area contributed by atoms with Gasteiger partial charge in [0, 0.05) is 30.9 Å². The number of benzene rings is 1. The molecule has 0 radical (unpaired) electrons. The van der Waals surface area contributed by atoms with Gasteiger partial charge in [0.15, 0.2) is 11.5 Å². The molecule has 4 aromatic rings. The number of aryl methyl sites for hydroxylation is 1. The number of pyridine rings is 1. The zero-order valence-electron chi connectivity index (χ0n) is 16.0. The normalized spacial score (nSPS) is 12.3. The maximum Gasteiger partial charge on any atom is 0.268 e. The van der Waals surface area contributed by atoms with E-state index >= 15 is 0 Å². The van der Waals surface area contributed by atoms with E-state index in [0.29, 0.717) is 34.2 Å². The van der Waals surface area contributed by atoms with Crippen LogP contribution in [-0.4, -0.2) is 31.6 Å². The molecule has 1 aliphatic heterocycles. The van der Waals surface area contributed by atoms with Gasteiger partial charge in [0.05, 0.1) is 17.9 Å². The molecule has 0 aliphatic carbocycles. The van der Waals surface area contributed by atoms with Gasteiger partial charge in [0.25, 0.3) is 11.5 Å². The Kier molecular flexibility index (Phi) is 4.20. The van der Waals surface area contributed by atoms with Crippen LogP contribution in [0.3, 0.4) is 0 Å².